The molecule has 1 saturated heterocycles. The maximum Gasteiger partial charge on any atom is 0.270 e. The Morgan fingerprint density at radius 3 is 2.81 bits per heavy atom. The molecule has 0 aliphatic carbocycles. The minimum Gasteiger partial charge on any atom is -0.370 e. The van der Waals surface area contributed by atoms with Crippen molar-refractivity contribution in [3.05, 3.63) is 58.9 Å². The van der Waals surface area contributed by atoms with Crippen molar-refractivity contribution in [2.24, 2.45) is 0 Å². The molecule has 1 atom stereocenters. The van der Waals surface area contributed by atoms with Gasteiger partial charge in [0.1, 0.15) is 5.69 Å². The van der Waals surface area contributed by atoms with Crippen molar-refractivity contribution in [3.63, 3.8) is 0 Å². The van der Waals surface area contributed by atoms with E-state index in [9.17, 15) is 13.2 Å². The van der Waals surface area contributed by atoms with E-state index in [1.165, 1.54) is 0 Å². The zero-order valence-electron chi connectivity index (χ0n) is 14.4. The highest BCUT2D eigenvalue weighted by Gasteiger charge is 2.31. The molecule has 1 aliphatic rings. The van der Waals surface area contributed by atoms with Crippen LogP contribution in [0.5, 0.6) is 0 Å². The Hall–Kier alpha value is -2.12. The van der Waals surface area contributed by atoms with Crippen molar-refractivity contribution in [3.8, 4) is 0 Å². The average Bonchev–Trinajstić information content (AvgIpc) is 3.00. The lowest BCUT2D eigenvalue weighted by Gasteiger charge is -2.25. The Bertz CT molecular complexity index is 917. The van der Waals surface area contributed by atoms with Crippen molar-refractivity contribution < 1.29 is 13.2 Å². The van der Waals surface area contributed by atoms with Crippen LogP contribution >= 0.6 is 11.6 Å². The van der Waals surface area contributed by atoms with E-state index in [1.807, 2.05) is 30.1 Å². The summed E-state index contributed by atoms with van der Waals surface area (Å²) >= 11 is 6.09. The van der Waals surface area contributed by atoms with Crippen LogP contribution in [0, 0.1) is 0 Å². The fourth-order valence-corrected chi connectivity index (χ4v) is 4.94. The van der Waals surface area contributed by atoms with Gasteiger partial charge < -0.3 is 10.2 Å². The summed E-state index contributed by atoms with van der Waals surface area (Å²) in [5.74, 6) is 0.0391. The fraction of sp³-hybridized carbons (Fsp3) is 0.333. The molecule has 6 nitrogen and oxygen atoms in total. The molecule has 0 spiro atoms. The summed E-state index contributed by atoms with van der Waals surface area (Å²) in [6, 6.07) is 10.7. The third-order valence-electron chi connectivity index (χ3n) is 4.54. The molecule has 1 fully saturated rings. The average molecular weight is 394 g/mol. The first-order valence-electron chi connectivity index (χ1n) is 8.26. The molecular weight excluding hydrogens is 374 g/mol. The monoisotopic (exact) mass is 393 g/mol. The van der Waals surface area contributed by atoms with Crippen LogP contribution in [0.15, 0.2) is 42.6 Å². The Morgan fingerprint density at radius 1 is 1.35 bits per heavy atom. The van der Waals surface area contributed by atoms with E-state index in [4.69, 9.17) is 11.6 Å². The number of pyridine rings is 1. The molecule has 1 aliphatic heterocycles. The lowest BCUT2D eigenvalue weighted by molar-refractivity contribution is 0.0946. The van der Waals surface area contributed by atoms with Crippen LogP contribution in [0.1, 0.15) is 22.5 Å². The normalized spacial score (nSPS) is 18.5. The number of aromatic nitrogens is 1. The second-order valence-corrected chi connectivity index (χ2v) is 8.98. The summed E-state index contributed by atoms with van der Waals surface area (Å²) in [6.07, 6.45) is 2.15. The summed E-state index contributed by atoms with van der Waals surface area (Å²) in [5.41, 5.74) is 1.87. The number of halogens is 1. The Morgan fingerprint density at radius 2 is 2.12 bits per heavy atom. The molecule has 0 bridgehead atoms. The van der Waals surface area contributed by atoms with E-state index in [1.54, 1.807) is 24.4 Å². The summed E-state index contributed by atoms with van der Waals surface area (Å²) in [6.45, 7) is 0.307. The Labute approximate surface area is 158 Å². The summed E-state index contributed by atoms with van der Waals surface area (Å²) in [4.78, 5) is 18.4. The number of hydrogen-bond acceptors (Lipinski definition) is 5. The molecule has 1 unspecified atom stereocenters. The second-order valence-electron chi connectivity index (χ2n) is 6.34. The molecular formula is C18H20ClN3O3S. The largest absolute Gasteiger partial charge is 0.370 e. The molecule has 8 heteroatoms. The van der Waals surface area contributed by atoms with Crippen LogP contribution in [0.2, 0.25) is 5.02 Å². The molecule has 2 heterocycles. The molecule has 3 rings (SSSR count). The number of hydrogen-bond donors (Lipinski definition) is 1. The van der Waals surface area contributed by atoms with Gasteiger partial charge >= 0.3 is 0 Å². The van der Waals surface area contributed by atoms with Crippen molar-refractivity contribution in [1.82, 2.24) is 10.3 Å². The molecule has 2 aromatic rings. The van der Waals surface area contributed by atoms with Gasteiger partial charge in [0.25, 0.3) is 5.91 Å². The molecule has 0 saturated carbocycles. The zero-order chi connectivity index (χ0) is 18.7. The van der Waals surface area contributed by atoms with Crippen LogP contribution in [-0.2, 0) is 16.4 Å². The van der Waals surface area contributed by atoms with E-state index in [2.05, 4.69) is 10.3 Å². The van der Waals surface area contributed by atoms with E-state index in [0.717, 1.165) is 11.3 Å². The molecule has 26 heavy (non-hydrogen) atoms. The van der Waals surface area contributed by atoms with Gasteiger partial charge in [0.2, 0.25) is 0 Å². The summed E-state index contributed by atoms with van der Waals surface area (Å²) in [7, 11) is -1.13. The highest BCUT2D eigenvalue weighted by Crippen LogP contribution is 2.23. The summed E-state index contributed by atoms with van der Waals surface area (Å²) in [5, 5.41) is 3.40. The maximum atomic E-state index is 12.4. The number of benzene rings is 1. The zero-order valence-corrected chi connectivity index (χ0v) is 15.9. The highest BCUT2D eigenvalue weighted by atomic mass is 35.5. The van der Waals surface area contributed by atoms with Crippen LogP contribution < -0.4 is 10.2 Å². The SMILES string of the molecule is CN(c1ccnc(C(=O)NCc2ccccc2Cl)c1)C1CCS(=O)(=O)C1. The number of nitrogens with one attached hydrogen (secondary N) is 1. The lowest BCUT2D eigenvalue weighted by Crippen LogP contribution is -2.33. The number of amides is 1. The van der Waals surface area contributed by atoms with E-state index in [-0.39, 0.29) is 29.1 Å². The number of sulfone groups is 1. The van der Waals surface area contributed by atoms with Crippen LogP contribution in [0.4, 0.5) is 5.69 Å². The van der Waals surface area contributed by atoms with E-state index < -0.39 is 9.84 Å². The number of carbonyl (C=O) groups excluding carboxylic acids is 1. The topological polar surface area (TPSA) is 79.4 Å². The van der Waals surface area contributed by atoms with Crippen LogP contribution in [-0.4, -0.2) is 43.9 Å². The smallest absolute Gasteiger partial charge is 0.270 e. The minimum absolute atomic E-state index is 0.0820. The predicted molar refractivity (Wildman–Crippen MR) is 102 cm³/mol. The third-order valence-corrected chi connectivity index (χ3v) is 6.66. The molecule has 1 amide bonds. The number of nitrogens with zero attached hydrogens (tertiary/aromatic N) is 2. The fourth-order valence-electron chi connectivity index (χ4n) is 2.96. The Balaban J connectivity index is 1.68. The van der Waals surface area contributed by atoms with Gasteiger partial charge in [-0.05, 0) is 30.2 Å². The maximum absolute atomic E-state index is 12.4. The quantitative estimate of drug-likeness (QED) is 0.843. The third kappa shape index (κ3) is 4.34. The lowest BCUT2D eigenvalue weighted by atomic mass is 10.2. The van der Waals surface area contributed by atoms with Gasteiger partial charge in [-0.2, -0.15) is 0 Å². The van der Waals surface area contributed by atoms with Gasteiger partial charge in [0.15, 0.2) is 9.84 Å². The number of rotatable bonds is 5. The van der Waals surface area contributed by atoms with E-state index >= 15 is 0 Å². The number of anilines is 1. The standard InChI is InChI=1S/C18H20ClN3O3S/c1-22(15-7-9-26(24,25)12-15)14-6-8-20-17(10-14)18(23)21-11-13-4-2-3-5-16(13)19/h2-6,8,10,15H,7,9,11-12H2,1H3,(H,21,23). The minimum atomic E-state index is -2.97. The van der Waals surface area contributed by atoms with Gasteiger partial charge in [-0.3, -0.25) is 9.78 Å². The first kappa shape index (κ1) is 18.7. The molecule has 1 aromatic carbocycles. The van der Waals surface area contributed by atoms with Crippen LogP contribution in [0.3, 0.4) is 0 Å². The molecule has 138 valence electrons. The first-order chi connectivity index (χ1) is 12.4. The van der Waals surface area contributed by atoms with Crippen LogP contribution in [0.25, 0.3) is 0 Å². The Kier molecular flexibility index (Phi) is 5.48. The molecule has 1 N–H and O–H groups in total. The van der Waals surface area contributed by atoms with Gasteiger partial charge in [-0.1, -0.05) is 29.8 Å². The van der Waals surface area contributed by atoms with Crippen molar-refractivity contribution in [1.29, 1.82) is 0 Å². The van der Waals surface area contributed by atoms with Gasteiger partial charge in [-0.25, -0.2) is 8.42 Å². The van der Waals surface area contributed by atoms with Gasteiger partial charge in [0, 0.05) is 36.5 Å². The summed E-state index contributed by atoms with van der Waals surface area (Å²) < 4.78 is 23.4. The predicted octanol–water partition coefficient (Wildman–Crippen LogP) is 2.29. The van der Waals surface area contributed by atoms with Gasteiger partial charge in [-0.15, -0.1) is 0 Å². The van der Waals surface area contributed by atoms with E-state index in [0.29, 0.717) is 18.0 Å². The highest BCUT2D eigenvalue weighted by molar-refractivity contribution is 7.91. The van der Waals surface area contributed by atoms with Crippen molar-refractivity contribution in [2.45, 2.75) is 19.0 Å². The molecule has 0 radical (unpaired) electrons. The van der Waals surface area contributed by atoms with Crippen molar-refractivity contribution >= 4 is 33.0 Å². The second kappa shape index (κ2) is 7.63. The van der Waals surface area contributed by atoms with Gasteiger partial charge in [0.05, 0.1) is 11.5 Å². The number of carbonyl (C=O) groups is 1. The molecule has 1 aromatic heterocycles. The van der Waals surface area contributed by atoms with Crippen molar-refractivity contribution in [2.75, 3.05) is 23.5 Å². The first-order valence-corrected chi connectivity index (χ1v) is 10.5.